The molecule has 14 heavy (non-hydrogen) atoms. The van der Waals surface area contributed by atoms with Gasteiger partial charge in [-0.2, -0.15) is 0 Å². The third kappa shape index (κ3) is 3.26. The van der Waals surface area contributed by atoms with Crippen LogP contribution in [0.4, 0.5) is 0 Å². The number of thiophene rings is 1. The largest absolute Gasteiger partial charge is 0.328 e. The first-order valence-corrected chi connectivity index (χ1v) is 6.20. The zero-order valence-corrected chi connectivity index (χ0v) is 10.5. The molecule has 1 aromatic heterocycles. The molecule has 2 atom stereocenters. The molecule has 0 radical (unpaired) electrons. The van der Waals surface area contributed by atoms with E-state index in [1.165, 1.54) is 4.88 Å². The van der Waals surface area contributed by atoms with Crippen LogP contribution in [0.1, 0.15) is 25.6 Å². The zero-order valence-electron chi connectivity index (χ0n) is 8.96. The number of hydrogen-bond donors (Lipinski definition) is 1. The number of hydrogen-bond acceptors (Lipinski definition) is 2. The summed E-state index contributed by atoms with van der Waals surface area (Å²) in [4.78, 5) is 1.34. The van der Waals surface area contributed by atoms with Crippen LogP contribution in [-0.2, 0) is 6.42 Å². The Morgan fingerprint density at radius 1 is 1.36 bits per heavy atom. The molecule has 0 amide bonds. The fourth-order valence-corrected chi connectivity index (χ4v) is 2.88. The molecule has 2 N–H and O–H groups in total. The average molecular weight is 232 g/mol. The van der Waals surface area contributed by atoms with Crippen LogP contribution >= 0.6 is 22.9 Å². The van der Waals surface area contributed by atoms with Gasteiger partial charge in [-0.15, -0.1) is 11.3 Å². The molecule has 1 heterocycles. The van der Waals surface area contributed by atoms with Gasteiger partial charge in [0.15, 0.2) is 0 Å². The third-order valence-electron chi connectivity index (χ3n) is 2.60. The maximum Gasteiger partial charge on any atom is 0.0931 e. The molecule has 0 aromatic carbocycles. The zero-order chi connectivity index (χ0) is 10.7. The third-order valence-corrected chi connectivity index (χ3v) is 3.85. The van der Waals surface area contributed by atoms with Gasteiger partial charge in [-0.05, 0) is 37.3 Å². The summed E-state index contributed by atoms with van der Waals surface area (Å²) in [5.41, 5.74) is 5.96. The fourth-order valence-electron chi connectivity index (χ4n) is 1.72. The summed E-state index contributed by atoms with van der Waals surface area (Å²) in [5.74, 6) is 1.17. The average Bonchev–Trinajstić information content (AvgIpc) is 2.46. The summed E-state index contributed by atoms with van der Waals surface area (Å²) >= 11 is 7.55. The van der Waals surface area contributed by atoms with E-state index in [-0.39, 0.29) is 6.04 Å². The molecular weight excluding hydrogens is 214 g/mol. The lowest BCUT2D eigenvalue weighted by molar-refractivity contribution is 0.332. The van der Waals surface area contributed by atoms with Gasteiger partial charge in [0.25, 0.3) is 0 Å². The lowest BCUT2D eigenvalue weighted by atomic mass is 9.86. The molecule has 0 spiro atoms. The van der Waals surface area contributed by atoms with Crippen LogP contribution in [-0.4, -0.2) is 6.04 Å². The van der Waals surface area contributed by atoms with Gasteiger partial charge in [0.1, 0.15) is 0 Å². The van der Waals surface area contributed by atoms with Crippen molar-refractivity contribution in [1.82, 2.24) is 0 Å². The normalized spacial score (nSPS) is 15.9. The van der Waals surface area contributed by atoms with Crippen LogP contribution in [0, 0.1) is 11.8 Å². The Morgan fingerprint density at radius 2 is 2.00 bits per heavy atom. The van der Waals surface area contributed by atoms with Crippen LogP contribution in [0.15, 0.2) is 12.1 Å². The van der Waals surface area contributed by atoms with Gasteiger partial charge in [-0.3, -0.25) is 0 Å². The Labute approximate surface area is 95.3 Å². The van der Waals surface area contributed by atoms with Crippen molar-refractivity contribution in [2.24, 2.45) is 17.6 Å². The molecule has 0 aliphatic heterocycles. The Bertz CT molecular complexity index is 273. The van der Waals surface area contributed by atoms with E-state index in [9.17, 15) is 0 Å². The maximum atomic E-state index is 5.96. The lowest BCUT2D eigenvalue weighted by Crippen LogP contribution is -2.31. The topological polar surface area (TPSA) is 26.0 Å². The first-order chi connectivity index (χ1) is 6.50. The molecule has 0 fully saturated rings. The minimum absolute atomic E-state index is 0.246. The Morgan fingerprint density at radius 3 is 2.36 bits per heavy atom. The van der Waals surface area contributed by atoms with Gasteiger partial charge in [-0.1, -0.05) is 25.4 Å². The number of rotatable bonds is 4. The van der Waals surface area contributed by atoms with Crippen molar-refractivity contribution in [3.63, 3.8) is 0 Å². The predicted octanol–water partition coefficient (Wildman–Crippen LogP) is 3.56. The van der Waals surface area contributed by atoms with E-state index in [1.807, 2.05) is 6.07 Å². The summed E-state index contributed by atoms with van der Waals surface area (Å²) in [6, 6.07) is 4.31. The molecule has 3 heteroatoms. The second kappa shape index (κ2) is 5.15. The van der Waals surface area contributed by atoms with Crippen LogP contribution in [0.25, 0.3) is 0 Å². The summed E-state index contributed by atoms with van der Waals surface area (Å²) in [6.07, 6.45) is 1.05. The van der Waals surface area contributed by atoms with Crippen molar-refractivity contribution in [3.8, 4) is 0 Å². The van der Waals surface area contributed by atoms with E-state index >= 15 is 0 Å². The molecule has 1 aromatic rings. The smallest absolute Gasteiger partial charge is 0.0931 e. The highest BCUT2D eigenvalue weighted by Crippen LogP contribution is 2.27. The van der Waals surface area contributed by atoms with Crippen molar-refractivity contribution in [2.75, 3.05) is 0 Å². The van der Waals surface area contributed by atoms with Gasteiger partial charge in [-0.25, -0.2) is 0 Å². The van der Waals surface area contributed by atoms with Gasteiger partial charge in [0, 0.05) is 10.9 Å². The van der Waals surface area contributed by atoms with E-state index in [4.69, 9.17) is 17.3 Å². The van der Waals surface area contributed by atoms with Crippen LogP contribution in [0.3, 0.4) is 0 Å². The van der Waals surface area contributed by atoms with E-state index in [2.05, 4.69) is 26.8 Å². The van der Waals surface area contributed by atoms with Gasteiger partial charge in [0.05, 0.1) is 4.34 Å². The molecule has 1 nitrogen and oxygen atoms in total. The Hall–Kier alpha value is -0.0500. The van der Waals surface area contributed by atoms with Crippen molar-refractivity contribution < 1.29 is 0 Å². The summed E-state index contributed by atoms with van der Waals surface area (Å²) in [5, 5.41) is 0. The first kappa shape index (κ1) is 12.0. The highest BCUT2D eigenvalue weighted by Gasteiger charge is 2.18. The van der Waals surface area contributed by atoms with Crippen LogP contribution < -0.4 is 5.73 Å². The highest BCUT2D eigenvalue weighted by atomic mass is 35.5. The van der Waals surface area contributed by atoms with E-state index in [0.29, 0.717) is 11.8 Å². The predicted molar refractivity (Wildman–Crippen MR) is 65.0 cm³/mol. The Balaban J connectivity index is 2.64. The lowest BCUT2D eigenvalue weighted by Gasteiger charge is -2.23. The van der Waals surface area contributed by atoms with E-state index in [0.717, 1.165) is 10.8 Å². The van der Waals surface area contributed by atoms with Crippen LogP contribution in [0.2, 0.25) is 4.34 Å². The molecule has 0 aliphatic carbocycles. The van der Waals surface area contributed by atoms with E-state index in [1.54, 1.807) is 11.3 Å². The minimum atomic E-state index is 0.246. The van der Waals surface area contributed by atoms with Gasteiger partial charge < -0.3 is 5.73 Å². The van der Waals surface area contributed by atoms with Crippen molar-refractivity contribution >= 4 is 22.9 Å². The van der Waals surface area contributed by atoms with Crippen molar-refractivity contribution in [3.05, 3.63) is 21.3 Å². The molecule has 0 bridgehead atoms. The van der Waals surface area contributed by atoms with Crippen molar-refractivity contribution in [2.45, 2.75) is 33.2 Å². The second-order valence-corrected chi connectivity index (χ2v) is 5.98. The van der Waals surface area contributed by atoms with E-state index < -0.39 is 0 Å². The minimum Gasteiger partial charge on any atom is -0.328 e. The maximum absolute atomic E-state index is 5.96. The summed E-state index contributed by atoms with van der Waals surface area (Å²) < 4.78 is 0.868. The number of halogens is 1. The fraction of sp³-hybridized carbons (Fsp3) is 0.636. The standard InChI is InChI=1S/C11H18ClNS/c1-7(2)10(8(3)13)6-9-4-5-11(12)14-9/h4-5,7-8,10H,6,13H2,1-3H3. The Kier molecular flexibility index (Phi) is 4.42. The molecule has 80 valence electrons. The van der Waals surface area contributed by atoms with Crippen LogP contribution in [0.5, 0.6) is 0 Å². The SMILES string of the molecule is CC(C)C(Cc1ccc(Cl)s1)C(C)N. The molecule has 2 unspecified atom stereocenters. The quantitative estimate of drug-likeness (QED) is 0.843. The molecule has 1 rings (SSSR count). The number of nitrogens with two attached hydrogens (primary N) is 1. The monoisotopic (exact) mass is 231 g/mol. The highest BCUT2D eigenvalue weighted by molar-refractivity contribution is 7.16. The van der Waals surface area contributed by atoms with Gasteiger partial charge >= 0.3 is 0 Å². The first-order valence-electron chi connectivity index (χ1n) is 5.00. The second-order valence-electron chi connectivity index (χ2n) is 4.18. The molecular formula is C11H18ClNS. The summed E-state index contributed by atoms with van der Waals surface area (Å²) in [6.45, 7) is 6.53. The molecule has 0 aliphatic rings. The molecule has 0 saturated heterocycles. The van der Waals surface area contributed by atoms with Crippen molar-refractivity contribution in [1.29, 1.82) is 0 Å². The van der Waals surface area contributed by atoms with Gasteiger partial charge in [0.2, 0.25) is 0 Å². The summed E-state index contributed by atoms with van der Waals surface area (Å²) in [7, 11) is 0. The molecule has 0 saturated carbocycles.